The van der Waals surface area contributed by atoms with Crippen LogP contribution in [0.3, 0.4) is 0 Å². The number of carbonyl (C=O) groups is 1. The molecule has 0 spiro atoms. The van der Waals surface area contributed by atoms with Gasteiger partial charge in [-0.15, -0.1) is 0 Å². The lowest BCUT2D eigenvalue weighted by Gasteiger charge is -2.15. The van der Waals surface area contributed by atoms with Crippen molar-refractivity contribution in [1.82, 2.24) is 14.3 Å². The van der Waals surface area contributed by atoms with Gasteiger partial charge in [0, 0.05) is 18.8 Å². The Bertz CT molecular complexity index is 716. The SMILES string of the molecule is COc1cccc(N2Cc3nc(=O)n(C)n3C2=O)c1. The number of benzene rings is 1. The van der Waals surface area contributed by atoms with Gasteiger partial charge in [-0.2, -0.15) is 9.67 Å². The zero-order chi connectivity index (χ0) is 13.6. The topological polar surface area (TPSA) is 69.4 Å². The van der Waals surface area contributed by atoms with Crippen LogP contribution < -0.4 is 15.3 Å². The molecule has 1 aliphatic rings. The molecule has 7 nitrogen and oxygen atoms in total. The Morgan fingerprint density at radius 3 is 2.79 bits per heavy atom. The fraction of sp³-hybridized carbons (Fsp3) is 0.250. The second kappa shape index (κ2) is 3.98. The van der Waals surface area contributed by atoms with E-state index in [1.54, 1.807) is 24.1 Å². The van der Waals surface area contributed by atoms with E-state index in [9.17, 15) is 9.59 Å². The number of amides is 1. The maximum atomic E-state index is 12.3. The summed E-state index contributed by atoms with van der Waals surface area (Å²) in [6, 6.07) is 6.90. The molecule has 0 N–H and O–H groups in total. The first kappa shape index (κ1) is 11.5. The van der Waals surface area contributed by atoms with Crippen LogP contribution in [0.2, 0.25) is 0 Å². The van der Waals surface area contributed by atoms with Crippen molar-refractivity contribution in [1.29, 1.82) is 0 Å². The average Bonchev–Trinajstić information content (AvgIpc) is 2.88. The van der Waals surface area contributed by atoms with Gasteiger partial charge in [-0.05, 0) is 12.1 Å². The van der Waals surface area contributed by atoms with E-state index in [1.165, 1.54) is 16.4 Å². The molecule has 19 heavy (non-hydrogen) atoms. The molecule has 98 valence electrons. The minimum atomic E-state index is -0.423. The van der Waals surface area contributed by atoms with Crippen LogP contribution in [0.5, 0.6) is 5.75 Å². The van der Waals surface area contributed by atoms with Crippen molar-refractivity contribution >= 4 is 11.7 Å². The minimum Gasteiger partial charge on any atom is -0.497 e. The molecular weight excluding hydrogens is 248 g/mol. The van der Waals surface area contributed by atoms with E-state index < -0.39 is 5.69 Å². The standard InChI is InChI=1S/C12H12N4O3/c1-14-11(17)13-10-7-15(12(18)16(10)14)8-4-3-5-9(6-8)19-2/h3-6H,7H2,1-2H3. The molecule has 1 aliphatic heterocycles. The van der Waals surface area contributed by atoms with Crippen LogP contribution in [-0.2, 0) is 13.6 Å². The summed E-state index contributed by atoms with van der Waals surface area (Å²) in [5.41, 5.74) is 0.288. The van der Waals surface area contributed by atoms with E-state index in [2.05, 4.69) is 4.98 Å². The highest BCUT2D eigenvalue weighted by molar-refractivity contribution is 5.95. The highest BCUT2D eigenvalue weighted by atomic mass is 16.5. The summed E-state index contributed by atoms with van der Waals surface area (Å²) in [5, 5.41) is 0. The molecule has 2 aromatic rings. The quantitative estimate of drug-likeness (QED) is 0.792. The van der Waals surface area contributed by atoms with E-state index >= 15 is 0 Å². The zero-order valence-electron chi connectivity index (χ0n) is 10.5. The predicted molar refractivity (Wildman–Crippen MR) is 67.4 cm³/mol. The maximum Gasteiger partial charge on any atom is 0.364 e. The number of hydrogen-bond donors (Lipinski definition) is 0. The van der Waals surface area contributed by atoms with E-state index in [4.69, 9.17) is 4.74 Å². The zero-order valence-corrected chi connectivity index (χ0v) is 10.5. The van der Waals surface area contributed by atoms with Gasteiger partial charge in [-0.1, -0.05) is 6.07 Å². The van der Waals surface area contributed by atoms with Crippen molar-refractivity contribution in [3.05, 3.63) is 40.6 Å². The highest BCUT2D eigenvalue weighted by Crippen LogP contribution is 2.25. The van der Waals surface area contributed by atoms with Gasteiger partial charge >= 0.3 is 11.7 Å². The number of aromatic nitrogens is 3. The van der Waals surface area contributed by atoms with Crippen LogP contribution in [0.1, 0.15) is 5.82 Å². The van der Waals surface area contributed by atoms with E-state index in [0.29, 0.717) is 17.3 Å². The molecule has 0 radical (unpaired) electrons. The second-order valence-electron chi connectivity index (χ2n) is 4.22. The van der Waals surface area contributed by atoms with Crippen LogP contribution in [0, 0.1) is 0 Å². The van der Waals surface area contributed by atoms with E-state index in [-0.39, 0.29) is 12.6 Å². The number of methoxy groups -OCH3 is 1. The number of anilines is 1. The molecule has 0 saturated heterocycles. The number of nitrogens with zero attached hydrogens (tertiary/aromatic N) is 4. The van der Waals surface area contributed by atoms with Crippen molar-refractivity contribution in [2.75, 3.05) is 12.0 Å². The minimum absolute atomic E-state index is 0.280. The Labute approximate surface area is 108 Å². The van der Waals surface area contributed by atoms with Crippen molar-refractivity contribution in [3.63, 3.8) is 0 Å². The van der Waals surface area contributed by atoms with Crippen LogP contribution in [-0.4, -0.2) is 27.5 Å². The van der Waals surface area contributed by atoms with Crippen LogP contribution in [0.15, 0.2) is 29.1 Å². The molecule has 1 aromatic heterocycles. The third-order valence-corrected chi connectivity index (χ3v) is 3.12. The van der Waals surface area contributed by atoms with Crippen LogP contribution in [0.25, 0.3) is 0 Å². The lowest BCUT2D eigenvalue weighted by molar-refractivity contribution is 0.245. The van der Waals surface area contributed by atoms with Crippen molar-refractivity contribution in [2.45, 2.75) is 6.54 Å². The van der Waals surface area contributed by atoms with Crippen molar-refractivity contribution in [2.24, 2.45) is 7.05 Å². The Morgan fingerprint density at radius 2 is 2.11 bits per heavy atom. The van der Waals surface area contributed by atoms with Gasteiger partial charge in [-0.25, -0.2) is 14.3 Å². The Balaban J connectivity index is 2.02. The summed E-state index contributed by atoms with van der Waals surface area (Å²) >= 11 is 0. The highest BCUT2D eigenvalue weighted by Gasteiger charge is 2.32. The third kappa shape index (κ3) is 1.62. The van der Waals surface area contributed by atoms with Gasteiger partial charge in [0.05, 0.1) is 13.7 Å². The monoisotopic (exact) mass is 260 g/mol. The molecule has 0 bridgehead atoms. The maximum absolute atomic E-state index is 12.3. The van der Waals surface area contributed by atoms with Gasteiger partial charge in [-0.3, -0.25) is 4.90 Å². The first-order chi connectivity index (χ1) is 9.11. The molecule has 0 aliphatic carbocycles. The molecular formula is C12H12N4O3. The number of carbonyl (C=O) groups excluding carboxylic acids is 1. The smallest absolute Gasteiger partial charge is 0.364 e. The lowest BCUT2D eigenvalue weighted by Crippen LogP contribution is -2.32. The first-order valence-electron chi connectivity index (χ1n) is 5.72. The number of rotatable bonds is 2. The molecule has 0 fully saturated rings. The van der Waals surface area contributed by atoms with E-state index in [0.717, 1.165) is 0 Å². The summed E-state index contributed by atoms with van der Waals surface area (Å²) in [5.74, 6) is 1.11. The second-order valence-corrected chi connectivity index (χ2v) is 4.22. The number of fused-ring (bicyclic) bond motifs is 1. The summed E-state index contributed by atoms with van der Waals surface area (Å²) < 4.78 is 7.62. The summed E-state index contributed by atoms with van der Waals surface area (Å²) in [7, 11) is 3.09. The Kier molecular flexibility index (Phi) is 2.41. The van der Waals surface area contributed by atoms with Crippen molar-refractivity contribution in [3.8, 4) is 5.75 Å². The fourth-order valence-corrected chi connectivity index (χ4v) is 2.13. The largest absolute Gasteiger partial charge is 0.497 e. The summed E-state index contributed by atoms with van der Waals surface area (Å²) in [6.45, 7) is 0.280. The molecule has 0 saturated carbocycles. The molecule has 1 amide bonds. The van der Waals surface area contributed by atoms with Gasteiger partial charge in [0.1, 0.15) is 5.75 Å². The number of hydrogen-bond acceptors (Lipinski definition) is 4. The van der Waals surface area contributed by atoms with Gasteiger partial charge in [0.15, 0.2) is 5.82 Å². The molecule has 1 aromatic carbocycles. The van der Waals surface area contributed by atoms with E-state index in [1.807, 2.05) is 12.1 Å². The Hall–Kier alpha value is -2.57. The molecule has 7 heteroatoms. The average molecular weight is 260 g/mol. The Morgan fingerprint density at radius 1 is 1.32 bits per heavy atom. The lowest BCUT2D eigenvalue weighted by atomic mass is 10.3. The first-order valence-corrected chi connectivity index (χ1v) is 5.72. The molecule has 0 unspecified atom stereocenters. The van der Waals surface area contributed by atoms with Gasteiger partial charge in [0.2, 0.25) is 0 Å². The summed E-state index contributed by atoms with van der Waals surface area (Å²) in [4.78, 5) is 29.0. The molecule has 3 rings (SSSR count). The molecule has 2 heterocycles. The van der Waals surface area contributed by atoms with Gasteiger partial charge < -0.3 is 4.74 Å². The van der Waals surface area contributed by atoms with Crippen LogP contribution in [0.4, 0.5) is 10.5 Å². The number of ether oxygens (including phenoxy) is 1. The fourth-order valence-electron chi connectivity index (χ4n) is 2.13. The predicted octanol–water partition coefficient (Wildman–Crippen LogP) is 0.579. The summed E-state index contributed by atoms with van der Waals surface area (Å²) in [6.07, 6.45) is 0. The molecule has 0 atom stereocenters. The third-order valence-electron chi connectivity index (χ3n) is 3.12. The van der Waals surface area contributed by atoms with Gasteiger partial charge in [0.25, 0.3) is 0 Å². The van der Waals surface area contributed by atoms with Crippen molar-refractivity contribution < 1.29 is 9.53 Å². The normalized spacial score (nSPS) is 13.8. The van der Waals surface area contributed by atoms with Crippen LogP contribution >= 0.6 is 0 Å².